The summed E-state index contributed by atoms with van der Waals surface area (Å²) in [7, 11) is 0. The molecular weight excluding hydrogens is 264 g/mol. The van der Waals surface area contributed by atoms with Crippen LogP contribution in [0.1, 0.15) is 18.9 Å². The van der Waals surface area contributed by atoms with Gasteiger partial charge in [-0.05, 0) is 12.2 Å². The van der Waals surface area contributed by atoms with Crippen LogP contribution in [0.5, 0.6) is 0 Å². The molecule has 1 amide bonds. The van der Waals surface area contributed by atoms with E-state index in [1.54, 1.807) is 34.9 Å². The second-order valence-corrected chi connectivity index (χ2v) is 5.86. The molecule has 1 fully saturated rings. The molecule has 0 saturated carbocycles. The van der Waals surface area contributed by atoms with E-state index in [0.717, 1.165) is 12.2 Å². The maximum absolute atomic E-state index is 12.1. The molecule has 1 aliphatic rings. The number of hydrogen-bond donors (Lipinski definition) is 0. The maximum Gasteiger partial charge on any atom is 0.274 e. The summed E-state index contributed by atoms with van der Waals surface area (Å²) in [5.74, 6) is 1.01. The normalized spacial score (nSPS) is 18.9. The Hall–Kier alpha value is -1.56. The monoisotopic (exact) mass is 280 g/mol. The fourth-order valence-electron chi connectivity index (χ4n) is 2.25. The van der Waals surface area contributed by atoms with Gasteiger partial charge in [-0.3, -0.25) is 14.9 Å². The van der Waals surface area contributed by atoms with Crippen LogP contribution >= 0.6 is 11.8 Å². The van der Waals surface area contributed by atoms with Gasteiger partial charge < -0.3 is 4.90 Å². The van der Waals surface area contributed by atoms with Crippen molar-refractivity contribution in [2.45, 2.75) is 25.1 Å². The second-order valence-electron chi connectivity index (χ2n) is 4.38. The number of rotatable bonds is 5. The third-order valence-corrected chi connectivity index (χ3v) is 4.34. The Labute approximate surface area is 116 Å². The zero-order valence-electron chi connectivity index (χ0n) is 10.7. The van der Waals surface area contributed by atoms with Gasteiger partial charge >= 0.3 is 0 Å². The van der Waals surface area contributed by atoms with E-state index in [9.17, 15) is 14.9 Å². The average molecular weight is 280 g/mol. The van der Waals surface area contributed by atoms with Gasteiger partial charge in [0.25, 0.3) is 5.69 Å². The second kappa shape index (κ2) is 6.06. The molecule has 1 unspecified atom stereocenters. The highest BCUT2D eigenvalue weighted by molar-refractivity contribution is 8.00. The van der Waals surface area contributed by atoms with Gasteiger partial charge in [-0.2, -0.15) is 0 Å². The summed E-state index contributed by atoms with van der Waals surface area (Å²) in [5.41, 5.74) is 0.685. The number of carbonyl (C=O) groups is 1. The minimum Gasteiger partial charge on any atom is -0.337 e. The van der Waals surface area contributed by atoms with Crippen molar-refractivity contribution in [1.82, 2.24) is 4.90 Å². The average Bonchev–Trinajstić information content (AvgIpc) is 2.73. The minimum atomic E-state index is -0.395. The number of thioether (sulfide) groups is 1. The zero-order valence-corrected chi connectivity index (χ0v) is 11.6. The molecule has 2 rings (SSSR count). The predicted octanol–water partition coefficient (Wildman–Crippen LogP) is 2.45. The van der Waals surface area contributed by atoms with Crippen LogP contribution in [0.4, 0.5) is 5.69 Å². The quantitative estimate of drug-likeness (QED) is 0.614. The Bertz CT molecular complexity index is 493. The molecule has 1 aromatic carbocycles. The summed E-state index contributed by atoms with van der Waals surface area (Å²) in [5, 5.41) is 11.0. The predicted molar refractivity (Wildman–Crippen MR) is 75.1 cm³/mol. The SMILES string of the molecule is CCSC1CCN(Cc2ccccc2[N+](=O)[O-])C1=O. The van der Waals surface area contributed by atoms with Gasteiger partial charge in [0.1, 0.15) is 0 Å². The Kier molecular flexibility index (Phi) is 4.42. The number of hydrogen-bond acceptors (Lipinski definition) is 4. The van der Waals surface area contributed by atoms with Crippen molar-refractivity contribution in [3.63, 3.8) is 0 Å². The summed E-state index contributed by atoms with van der Waals surface area (Å²) in [6, 6.07) is 6.60. The molecule has 0 bridgehead atoms. The molecule has 19 heavy (non-hydrogen) atoms. The molecule has 0 N–H and O–H groups in total. The highest BCUT2D eigenvalue weighted by atomic mass is 32.2. The Morgan fingerprint density at radius 3 is 2.89 bits per heavy atom. The van der Waals surface area contributed by atoms with Crippen LogP contribution in [0.15, 0.2) is 24.3 Å². The van der Waals surface area contributed by atoms with Crippen LogP contribution in [-0.2, 0) is 11.3 Å². The van der Waals surface area contributed by atoms with Crippen molar-refractivity contribution in [2.24, 2.45) is 0 Å². The van der Waals surface area contributed by atoms with Crippen molar-refractivity contribution in [3.8, 4) is 0 Å². The van der Waals surface area contributed by atoms with Crippen LogP contribution in [0.25, 0.3) is 0 Å². The highest BCUT2D eigenvalue weighted by Crippen LogP contribution is 2.27. The summed E-state index contributed by atoms with van der Waals surface area (Å²) < 4.78 is 0. The molecule has 1 saturated heterocycles. The zero-order chi connectivity index (χ0) is 13.8. The van der Waals surface area contributed by atoms with Crippen molar-refractivity contribution in [1.29, 1.82) is 0 Å². The first kappa shape index (κ1) is 13.9. The lowest BCUT2D eigenvalue weighted by atomic mass is 10.1. The number of nitro groups is 1. The van der Waals surface area contributed by atoms with Gasteiger partial charge in [0.05, 0.1) is 16.7 Å². The topological polar surface area (TPSA) is 63.4 Å². The molecule has 1 aromatic rings. The Morgan fingerprint density at radius 2 is 2.21 bits per heavy atom. The van der Waals surface area contributed by atoms with E-state index in [1.165, 1.54) is 6.07 Å². The Morgan fingerprint density at radius 1 is 1.47 bits per heavy atom. The van der Waals surface area contributed by atoms with Crippen molar-refractivity contribution >= 4 is 23.4 Å². The number of carbonyl (C=O) groups excluding carboxylic acids is 1. The van der Waals surface area contributed by atoms with Crippen molar-refractivity contribution in [3.05, 3.63) is 39.9 Å². The number of nitrogens with zero attached hydrogens (tertiary/aromatic N) is 2. The number of benzene rings is 1. The minimum absolute atomic E-state index is 0.0211. The standard InChI is InChI=1S/C13H16N2O3S/c1-2-19-12-7-8-14(13(12)16)9-10-5-3-4-6-11(10)15(17)18/h3-6,12H,2,7-9H2,1H3. The molecule has 1 aliphatic heterocycles. The van der Waals surface area contributed by atoms with Gasteiger partial charge in [-0.15, -0.1) is 11.8 Å². The molecule has 0 aliphatic carbocycles. The van der Waals surface area contributed by atoms with Crippen LogP contribution < -0.4 is 0 Å². The summed E-state index contributed by atoms with van der Waals surface area (Å²) >= 11 is 1.65. The van der Waals surface area contributed by atoms with Crippen LogP contribution in [-0.4, -0.2) is 33.3 Å². The highest BCUT2D eigenvalue weighted by Gasteiger charge is 2.32. The summed E-state index contributed by atoms with van der Waals surface area (Å²) in [6.07, 6.45) is 0.831. The molecular formula is C13H16N2O3S. The van der Waals surface area contributed by atoms with E-state index in [1.807, 2.05) is 6.92 Å². The molecule has 6 heteroatoms. The number of likely N-dealkylation sites (tertiary alicyclic amines) is 1. The molecule has 0 radical (unpaired) electrons. The van der Waals surface area contributed by atoms with E-state index in [0.29, 0.717) is 18.7 Å². The van der Waals surface area contributed by atoms with E-state index in [4.69, 9.17) is 0 Å². The number of amides is 1. The maximum atomic E-state index is 12.1. The molecule has 0 spiro atoms. The first-order valence-corrected chi connectivity index (χ1v) is 7.31. The Balaban J connectivity index is 2.10. The van der Waals surface area contributed by atoms with Crippen LogP contribution in [0.2, 0.25) is 0 Å². The largest absolute Gasteiger partial charge is 0.337 e. The molecule has 5 nitrogen and oxygen atoms in total. The van der Waals surface area contributed by atoms with Gasteiger partial charge in [0.15, 0.2) is 0 Å². The molecule has 102 valence electrons. The van der Waals surface area contributed by atoms with Crippen molar-refractivity contribution in [2.75, 3.05) is 12.3 Å². The first-order valence-electron chi connectivity index (χ1n) is 6.26. The van der Waals surface area contributed by atoms with Gasteiger partial charge in [0.2, 0.25) is 5.91 Å². The van der Waals surface area contributed by atoms with Crippen LogP contribution in [0.3, 0.4) is 0 Å². The smallest absolute Gasteiger partial charge is 0.274 e. The van der Waals surface area contributed by atoms with E-state index >= 15 is 0 Å². The molecule has 0 aromatic heterocycles. The third kappa shape index (κ3) is 3.07. The molecule has 1 atom stereocenters. The van der Waals surface area contributed by atoms with Crippen LogP contribution in [0, 0.1) is 10.1 Å². The van der Waals surface area contributed by atoms with Crippen molar-refractivity contribution < 1.29 is 9.72 Å². The third-order valence-electron chi connectivity index (χ3n) is 3.17. The van der Waals surface area contributed by atoms with Gasteiger partial charge in [-0.1, -0.05) is 25.1 Å². The lowest BCUT2D eigenvalue weighted by Crippen LogP contribution is -2.28. The number of nitro benzene ring substituents is 1. The van der Waals surface area contributed by atoms with E-state index < -0.39 is 4.92 Å². The van der Waals surface area contributed by atoms with E-state index in [2.05, 4.69) is 0 Å². The number of para-hydroxylation sites is 1. The first-order chi connectivity index (χ1) is 9.13. The fourth-order valence-corrected chi connectivity index (χ4v) is 3.22. The lowest BCUT2D eigenvalue weighted by Gasteiger charge is -2.16. The lowest BCUT2D eigenvalue weighted by molar-refractivity contribution is -0.385. The fraction of sp³-hybridized carbons (Fsp3) is 0.462. The van der Waals surface area contributed by atoms with Gasteiger partial charge in [0, 0.05) is 18.2 Å². The summed E-state index contributed by atoms with van der Waals surface area (Å²) in [4.78, 5) is 24.4. The molecule has 1 heterocycles. The van der Waals surface area contributed by atoms with E-state index in [-0.39, 0.29) is 16.8 Å². The summed E-state index contributed by atoms with van der Waals surface area (Å²) in [6.45, 7) is 3.04. The van der Waals surface area contributed by atoms with Gasteiger partial charge in [-0.25, -0.2) is 0 Å².